The largest absolute Gasteiger partial charge is 0.323 e. The van der Waals surface area contributed by atoms with E-state index in [2.05, 4.69) is 15.5 Å². The lowest BCUT2D eigenvalue weighted by atomic mass is 10.2. The molecular weight excluding hydrogens is 385 g/mol. The van der Waals surface area contributed by atoms with Crippen LogP contribution in [0.25, 0.3) is 11.4 Å². The number of thioether (sulfide) groups is 1. The average molecular weight is 401 g/mol. The second-order valence-electron chi connectivity index (χ2n) is 5.67. The molecule has 0 fully saturated rings. The Bertz CT molecular complexity index is 1010. The highest BCUT2D eigenvalue weighted by Gasteiger charge is 2.16. The standard InChI is InChI=1S/C18H16FN5O3S/c1-2-23-17(12-6-4-3-5-7-12)21-22-18(23)28-11-16(25)20-15-10-13(24(26)27)8-9-14(15)19/h3-10H,2,11H2,1H3,(H,20,25). The third kappa shape index (κ3) is 4.34. The number of carbonyl (C=O) groups is 1. The van der Waals surface area contributed by atoms with E-state index in [-0.39, 0.29) is 17.1 Å². The highest BCUT2D eigenvalue weighted by Crippen LogP contribution is 2.25. The Morgan fingerprint density at radius 2 is 2.00 bits per heavy atom. The number of carbonyl (C=O) groups excluding carboxylic acids is 1. The maximum atomic E-state index is 13.8. The normalized spacial score (nSPS) is 10.6. The molecule has 2 aromatic carbocycles. The number of rotatable bonds is 7. The van der Waals surface area contributed by atoms with Gasteiger partial charge in [-0.15, -0.1) is 10.2 Å². The Kier molecular flexibility index (Phi) is 5.99. The molecule has 0 saturated carbocycles. The van der Waals surface area contributed by atoms with Crippen molar-refractivity contribution >= 4 is 29.0 Å². The van der Waals surface area contributed by atoms with Crippen LogP contribution in [0.5, 0.6) is 0 Å². The smallest absolute Gasteiger partial charge is 0.271 e. The Morgan fingerprint density at radius 1 is 1.25 bits per heavy atom. The summed E-state index contributed by atoms with van der Waals surface area (Å²) in [6.07, 6.45) is 0. The van der Waals surface area contributed by atoms with Crippen LogP contribution >= 0.6 is 11.8 Å². The van der Waals surface area contributed by atoms with Gasteiger partial charge in [0.2, 0.25) is 5.91 Å². The van der Waals surface area contributed by atoms with Gasteiger partial charge in [-0.05, 0) is 13.0 Å². The third-order valence-electron chi connectivity index (χ3n) is 3.83. The first-order valence-corrected chi connectivity index (χ1v) is 9.33. The number of aromatic nitrogens is 3. The molecule has 0 saturated heterocycles. The molecule has 1 aromatic heterocycles. The Labute approximate surface area is 163 Å². The van der Waals surface area contributed by atoms with Gasteiger partial charge in [-0.2, -0.15) is 0 Å². The number of non-ortho nitro benzene ring substituents is 1. The minimum absolute atomic E-state index is 0.0466. The number of halogens is 1. The summed E-state index contributed by atoms with van der Waals surface area (Å²) < 4.78 is 15.7. The van der Waals surface area contributed by atoms with Crippen molar-refractivity contribution in [1.29, 1.82) is 0 Å². The number of benzene rings is 2. The van der Waals surface area contributed by atoms with E-state index in [0.29, 0.717) is 17.5 Å². The number of amides is 1. The van der Waals surface area contributed by atoms with Gasteiger partial charge in [-0.1, -0.05) is 42.1 Å². The molecule has 0 radical (unpaired) electrons. The van der Waals surface area contributed by atoms with E-state index in [1.54, 1.807) is 0 Å². The highest BCUT2D eigenvalue weighted by molar-refractivity contribution is 7.99. The lowest BCUT2D eigenvalue weighted by Gasteiger charge is -2.08. The summed E-state index contributed by atoms with van der Waals surface area (Å²) in [5, 5.41) is 22.0. The first-order valence-electron chi connectivity index (χ1n) is 8.34. The molecule has 0 aliphatic heterocycles. The minimum Gasteiger partial charge on any atom is -0.323 e. The fourth-order valence-electron chi connectivity index (χ4n) is 2.52. The predicted molar refractivity (Wildman–Crippen MR) is 104 cm³/mol. The van der Waals surface area contributed by atoms with Crippen LogP contribution < -0.4 is 5.32 Å². The van der Waals surface area contributed by atoms with Gasteiger partial charge in [0.15, 0.2) is 11.0 Å². The van der Waals surface area contributed by atoms with Crippen LogP contribution in [0.3, 0.4) is 0 Å². The molecule has 1 N–H and O–H groups in total. The molecule has 1 heterocycles. The van der Waals surface area contributed by atoms with Crippen molar-refractivity contribution in [3.05, 3.63) is 64.5 Å². The SMILES string of the molecule is CCn1c(SCC(=O)Nc2cc([N+](=O)[O-])ccc2F)nnc1-c1ccccc1. The summed E-state index contributed by atoms with van der Waals surface area (Å²) in [5.74, 6) is -0.603. The molecule has 1 amide bonds. The minimum atomic E-state index is -0.743. The molecule has 0 atom stereocenters. The van der Waals surface area contributed by atoms with Gasteiger partial charge >= 0.3 is 0 Å². The summed E-state index contributed by atoms with van der Waals surface area (Å²) >= 11 is 1.15. The van der Waals surface area contributed by atoms with E-state index in [9.17, 15) is 19.3 Å². The van der Waals surface area contributed by atoms with Crippen LogP contribution in [0.2, 0.25) is 0 Å². The van der Waals surface area contributed by atoms with Crippen molar-refractivity contribution in [2.45, 2.75) is 18.6 Å². The monoisotopic (exact) mass is 401 g/mol. The number of nitro groups is 1. The fourth-order valence-corrected chi connectivity index (χ4v) is 3.32. The van der Waals surface area contributed by atoms with E-state index in [0.717, 1.165) is 35.5 Å². The number of nitrogens with one attached hydrogen (secondary N) is 1. The first-order chi connectivity index (χ1) is 13.5. The van der Waals surface area contributed by atoms with Crippen LogP contribution in [-0.4, -0.2) is 31.3 Å². The molecule has 0 bridgehead atoms. The zero-order valence-electron chi connectivity index (χ0n) is 14.8. The van der Waals surface area contributed by atoms with Gasteiger partial charge in [0.1, 0.15) is 5.82 Å². The number of anilines is 1. The van der Waals surface area contributed by atoms with Crippen LogP contribution in [0.4, 0.5) is 15.8 Å². The van der Waals surface area contributed by atoms with E-state index in [1.165, 1.54) is 0 Å². The van der Waals surface area contributed by atoms with Gasteiger partial charge in [0.05, 0.1) is 16.4 Å². The molecule has 3 rings (SSSR count). The molecule has 28 heavy (non-hydrogen) atoms. The van der Waals surface area contributed by atoms with Gasteiger partial charge in [0, 0.05) is 24.2 Å². The van der Waals surface area contributed by atoms with Gasteiger partial charge in [-0.3, -0.25) is 14.9 Å². The molecule has 10 heteroatoms. The Hall–Kier alpha value is -3.27. The van der Waals surface area contributed by atoms with Crippen molar-refractivity contribution in [2.75, 3.05) is 11.1 Å². The Balaban J connectivity index is 1.70. The second kappa shape index (κ2) is 8.61. The summed E-state index contributed by atoms with van der Waals surface area (Å²) in [7, 11) is 0. The number of hydrogen-bond acceptors (Lipinski definition) is 6. The quantitative estimate of drug-likeness (QED) is 0.367. The first kappa shape index (κ1) is 19.5. The topological polar surface area (TPSA) is 103 Å². The van der Waals surface area contributed by atoms with Crippen molar-refractivity contribution in [1.82, 2.24) is 14.8 Å². The lowest BCUT2D eigenvalue weighted by Crippen LogP contribution is -2.15. The van der Waals surface area contributed by atoms with E-state index >= 15 is 0 Å². The molecule has 0 spiro atoms. The number of nitro benzene ring substituents is 1. The number of nitrogens with zero attached hydrogens (tertiary/aromatic N) is 4. The summed E-state index contributed by atoms with van der Waals surface area (Å²) in [6.45, 7) is 2.55. The summed E-state index contributed by atoms with van der Waals surface area (Å²) in [6, 6.07) is 12.5. The Morgan fingerprint density at radius 3 is 2.68 bits per heavy atom. The average Bonchev–Trinajstić information content (AvgIpc) is 3.11. The van der Waals surface area contributed by atoms with Crippen molar-refractivity contribution in [3.8, 4) is 11.4 Å². The van der Waals surface area contributed by atoms with Gasteiger partial charge < -0.3 is 9.88 Å². The number of hydrogen-bond donors (Lipinski definition) is 1. The molecule has 3 aromatic rings. The van der Waals surface area contributed by atoms with Gasteiger partial charge in [-0.25, -0.2) is 4.39 Å². The second-order valence-corrected chi connectivity index (χ2v) is 6.62. The van der Waals surface area contributed by atoms with Crippen molar-refractivity contribution in [3.63, 3.8) is 0 Å². The zero-order chi connectivity index (χ0) is 20.1. The van der Waals surface area contributed by atoms with Crippen molar-refractivity contribution in [2.24, 2.45) is 0 Å². The van der Waals surface area contributed by atoms with Crippen LogP contribution in [0.15, 0.2) is 53.7 Å². The maximum Gasteiger partial charge on any atom is 0.271 e. The molecule has 0 aliphatic carbocycles. The zero-order valence-corrected chi connectivity index (χ0v) is 15.6. The van der Waals surface area contributed by atoms with Crippen LogP contribution in [0.1, 0.15) is 6.92 Å². The summed E-state index contributed by atoms with van der Waals surface area (Å²) in [4.78, 5) is 22.3. The highest BCUT2D eigenvalue weighted by atomic mass is 32.2. The maximum absolute atomic E-state index is 13.8. The molecule has 0 unspecified atom stereocenters. The molecule has 0 aliphatic rings. The van der Waals surface area contributed by atoms with E-state index in [4.69, 9.17) is 0 Å². The predicted octanol–water partition coefficient (Wildman–Crippen LogP) is 3.74. The van der Waals surface area contributed by atoms with Crippen LogP contribution in [-0.2, 0) is 11.3 Å². The third-order valence-corrected chi connectivity index (χ3v) is 4.80. The van der Waals surface area contributed by atoms with E-state index in [1.807, 2.05) is 41.8 Å². The lowest BCUT2D eigenvalue weighted by molar-refractivity contribution is -0.384. The molecular formula is C18H16FN5O3S. The fraction of sp³-hybridized carbons (Fsp3) is 0.167. The summed E-state index contributed by atoms with van der Waals surface area (Å²) in [5.41, 5.74) is 0.371. The van der Waals surface area contributed by atoms with Gasteiger partial charge in [0.25, 0.3) is 5.69 Å². The van der Waals surface area contributed by atoms with E-state index < -0.39 is 16.6 Å². The molecule has 144 valence electrons. The van der Waals surface area contributed by atoms with Crippen molar-refractivity contribution < 1.29 is 14.1 Å². The molecule has 8 nitrogen and oxygen atoms in total. The van der Waals surface area contributed by atoms with Crippen LogP contribution in [0, 0.1) is 15.9 Å².